The number of carbonyl (C=O) groups is 1. The van der Waals surface area contributed by atoms with Crippen molar-refractivity contribution in [1.82, 2.24) is 5.32 Å². The summed E-state index contributed by atoms with van der Waals surface area (Å²) >= 11 is 12.2. The van der Waals surface area contributed by atoms with E-state index in [2.05, 4.69) is 5.32 Å². The summed E-state index contributed by atoms with van der Waals surface area (Å²) in [4.78, 5) is 10.8. The van der Waals surface area contributed by atoms with Crippen molar-refractivity contribution in [2.45, 2.75) is 20.0 Å². The fourth-order valence-electron chi connectivity index (χ4n) is 2.16. The van der Waals surface area contributed by atoms with Crippen LogP contribution in [0.15, 0.2) is 36.4 Å². The van der Waals surface area contributed by atoms with Crippen molar-refractivity contribution in [2.75, 3.05) is 6.61 Å². The molecule has 2 aromatic carbocycles. The van der Waals surface area contributed by atoms with E-state index in [4.69, 9.17) is 33.0 Å². The van der Waals surface area contributed by atoms with Crippen molar-refractivity contribution in [2.24, 2.45) is 0 Å². The van der Waals surface area contributed by atoms with E-state index in [1.807, 2.05) is 13.0 Å². The molecule has 0 spiro atoms. The van der Waals surface area contributed by atoms with Gasteiger partial charge in [-0.3, -0.25) is 0 Å². The van der Waals surface area contributed by atoms with Gasteiger partial charge in [-0.2, -0.15) is 0 Å². The average Bonchev–Trinajstić information content (AvgIpc) is 2.51. The van der Waals surface area contributed by atoms with E-state index in [0.717, 1.165) is 11.1 Å². The molecule has 2 N–H and O–H groups in total. The Bertz CT molecular complexity index is 690. The van der Waals surface area contributed by atoms with Crippen molar-refractivity contribution in [3.05, 3.63) is 63.1 Å². The summed E-state index contributed by atoms with van der Waals surface area (Å²) in [6.45, 7) is 3.54. The monoisotopic (exact) mass is 389 g/mol. The molecule has 0 unspecified atom stereocenters. The van der Waals surface area contributed by atoms with Crippen LogP contribution in [0, 0.1) is 0 Å². The molecule has 0 saturated carbocycles. The number of hydrogen-bond acceptors (Lipinski definition) is 3. The molecule has 7 heteroatoms. The van der Waals surface area contributed by atoms with Gasteiger partial charge in [-0.15, -0.1) is 12.4 Å². The summed E-state index contributed by atoms with van der Waals surface area (Å²) in [7, 11) is 0. The number of nitrogens with one attached hydrogen (secondary N) is 1. The SMILES string of the molecule is CCOc1c(Cl)cc(Cl)cc1CNCc1ccc(C(=O)O)cc1.Cl. The summed E-state index contributed by atoms with van der Waals surface area (Å²) in [6, 6.07) is 10.2. The van der Waals surface area contributed by atoms with E-state index < -0.39 is 5.97 Å². The van der Waals surface area contributed by atoms with E-state index >= 15 is 0 Å². The predicted molar refractivity (Wildman–Crippen MR) is 98.8 cm³/mol. The summed E-state index contributed by atoms with van der Waals surface area (Å²) < 4.78 is 5.57. The number of benzene rings is 2. The van der Waals surface area contributed by atoms with Gasteiger partial charge in [0, 0.05) is 23.7 Å². The molecule has 24 heavy (non-hydrogen) atoms. The molecule has 0 fully saturated rings. The van der Waals surface area contributed by atoms with Crippen LogP contribution in [0.25, 0.3) is 0 Å². The van der Waals surface area contributed by atoms with Crippen LogP contribution in [0.1, 0.15) is 28.4 Å². The molecule has 0 radical (unpaired) electrons. The molecule has 0 aliphatic rings. The fourth-order valence-corrected chi connectivity index (χ4v) is 2.75. The van der Waals surface area contributed by atoms with Crippen molar-refractivity contribution in [3.63, 3.8) is 0 Å². The summed E-state index contributed by atoms with van der Waals surface area (Å²) in [5.74, 6) is -0.299. The Morgan fingerprint density at radius 3 is 2.42 bits per heavy atom. The van der Waals surface area contributed by atoms with Crippen LogP contribution in [-0.4, -0.2) is 17.7 Å². The molecular formula is C17H18Cl3NO3. The molecule has 0 saturated heterocycles. The second-order valence-corrected chi connectivity index (χ2v) is 5.76. The first-order chi connectivity index (χ1) is 11.0. The molecule has 0 aromatic heterocycles. The number of rotatable bonds is 7. The zero-order chi connectivity index (χ0) is 16.8. The highest BCUT2D eigenvalue weighted by Crippen LogP contribution is 2.32. The Morgan fingerprint density at radius 2 is 1.83 bits per heavy atom. The zero-order valence-electron chi connectivity index (χ0n) is 13.0. The highest BCUT2D eigenvalue weighted by molar-refractivity contribution is 6.35. The predicted octanol–water partition coefficient (Wildman–Crippen LogP) is 4.80. The third-order valence-electron chi connectivity index (χ3n) is 3.22. The second-order valence-electron chi connectivity index (χ2n) is 4.91. The standard InChI is InChI=1S/C17H17Cl2NO3.ClH/c1-2-23-16-13(7-14(18)8-15(16)19)10-20-9-11-3-5-12(6-4-11)17(21)22;/h3-8,20H,2,9-10H2,1H3,(H,21,22);1H. The van der Waals surface area contributed by atoms with E-state index in [9.17, 15) is 4.79 Å². The van der Waals surface area contributed by atoms with Crippen LogP contribution in [0.5, 0.6) is 5.75 Å². The molecule has 0 heterocycles. The van der Waals surface area contributed by atoms with Crippen molar-refractivity contribution >= 4 is 41.6 Å². The van der Waals surface area contributed by atoms with Crippen molar-refractivity contribution in [3.8, 4) is 5.75 Å². The van der Waals surface area contributed by atoms with E-state index in [0.29, 0.717) is 35.5 Å². The van der Waals surface area contributed by atoms with E-state index in [-0.39, 0.29) is 18.0 Å². The Balaban J connectivity index is 0.00000288. The van der Waals surface area contributed by atoms with Gasteiger partial charge < -0.3 is 15.2 Å². The largest absolute Gasteiger partial charge is 0.492 e. The Labute approximate surface area is 157 Å². The normalized spacial score (nSPS) is 10.1. The van der Waals surface area contributed by atoms with Gasteiger partial charge in [0.05, 0.1) is 17.2 Å². The lowest BCUT2D eigenvalue weighted by molar-refractivity contribution is 0.0697. The maximum absolute atomic E-state index is 10.8. The van der Waals surface area contributed by atoms with Crippen LogP contribution in [-0.2, 0) is 13.1 Å². The third kappa shape index (κ3) is 5.56. The van der Waals surface area contributed by atoms with Gasteiger partial charge in [0.1, 0.15) is 5.75 Å². The number of aromatic carboxylic acids is 1. The van der Waals surface area contributed by atoms with Gasteiger partial charge in [-0.1, -0.05) is 35.3 Å². The van der Waals surface area contributed by atoms with Gasteiger partial charge in [0.2, 0.25) is 0 Å². The molecule has 2 rings (SSSR count). The second kappa shape index (κ2) is 9.74. The first-order valence-corrected chi connectivity index (χ1v) is 7.90. The van der Waals surface area contributed by atoms with Crippen LogP contribution in [0.2, 0.25) is 10.0 Å². The molecule has 0 aliphatic heterocycles. The lowest BCUT2D eigenvalue weighted by atomic mass is 10.1. The van der Waals surface area contributed by atoms with Gasteiger partial charge in [-0.25, -0.2) is 4.79 Å². The summed E-state index contributed by atoms with van der Waals surface area (Å²) in [6.07, 6.45) is 0. The molecular weight excluding hydrogens is 373 g/mol. The van der Waals surface area contributed by atoms with Gasteiger partial charge >= 0.3 is 5.97 Å². The van der Waals surface area contributed by atoms with Gasteiger partial charge in [-0.05, 0) is 36.8 Å². The van der Waals surface area contributed by atoms with Gasteiger partial charge in [0.25, 0.3) is 0 Å². The lowest BCUT2D eigenvalue weighted by Gasteiger charge is -2.13. The fraction of sp³-hybridized carbons (Fsp3) is 0.235. The van der Waals surface area contributed by atoms with Gasteiger partial charge in [0.15, 0.2) is 0 Å². The highest BCUT2D eigenvalue weighted by atomic mass is 35.5. The minimum absolute atomic E-state index is 0. The molecule has 130 valence electrons. The minimum Gasteiger partial charge on any atom is -0.492 e. The van der Waals surface area contributed by atoms with Crippen molar-refractivity contribution in [1.29, 1.82) is 0 Å². The van der Waals surface area contributed by atoms with Crippen LogP contribution < -0.4 is 10.1 Å². The minimum atomic E-state index is -0.931. The van der Waals surface area contributed by atoms with Crippen LogP contribution >= 0.6 is 35.6 Å². The third-order valence-corrected chi connectivity index (χ3v) is 3.72. The van der Waals surface area contributed by atoms with Crippen LogP contribution in [0.3, 0.4) is 0 Å². The number of halogens is 3. The lowest BCUT2D eigenvalue weighted by Crippen LogP contribution is -2.14. The summed E-state index contributed by atoms with van der Waals surface area (Å²) in [5.41, 5.74) is 2.14. The average molecular weight is 391 g/mol. The molecule has 0 atom stereocenters. The smallest absolute Gasteiger partial charge is 0.335 e. The first-order valence-electron chi connectivity index (χ1n) is 7.15. The summed E-state index contributed by atoms with van der Waals surface area (Å²) in [5, 5.41) is 13.2. The molecule has 0 aliphatic carbocycles. The number of carboxylic acids is 1. The van der Waals surface area contributed by atoms with Crippen LogP contribution in [0.4, 0.5) is 0 Å². The molecule has 0 amide bonds. The Morgan fingerprint density at radius 1 is 1.17 bits per heavy atom. The Kier molecular flexibility index (Phi) is 8.36. The van der Waals surface area contributed by atoms with E-state index in [1.54, 1.807) is 30.3 Å². The molecule has 4 nitrogen and oxygen atoms in total. The number of carboxylic acid groups (broad SMARTS) is 1. The maximum Gasteiger partial charge on any atom is 0.335 e. The quantitative estimate of drug-likeness (QED) is 0.713. The highest BCUT2D eigenvalue weighted by Gasteiger charge is 2.10. The van der Waals surface area contributed by atoms with E-state index in [1.165, 1.54) is 0 Å². The molecule has 2 aromatic rings. The zero-order valence-corrected chi connectivity index (χ0v) is 15.3. The number of hydrogen-bond donors (Lipinski definition) is 2. The molecule has 0 bridgehead atoms. The van der Waals surface area contributed by atoms with Crippen molar-refractivity contribution < 1.29 is 14.6 Å². The Hall–Kier alpha value is -1.46. The maximum atomic E-state index is 10.8. The number of ether oxygens (including phenoxy) is 1. The topological polar surface area (TPSA) is 58.6 Å². The first kappa shape index (κ1) is 20.6.